The van der Waals surface area contributed by atoms with Crippen LogP contribution in [-0.4, -0.2) is 32.1 Å². The van der Waals surface area contributed by atoms with Gasteiger partial charge in [0.25, 0.3) is 5.91 Å². The zero-order valence-corrected chi connectivity index (χ0v) is 14.9. The maximum absolute atomic E-state index is 12.9. The van der Waals surface area contributed by atoms with Crippen molar-refractivity contribution in [3.63, 3.8) is 0 Å². The highest BCUT2D eigenvalue weighted by molar-refractivity contribution is 7.90. The van der Waals surface area contributed by atoms with Gasteiger partial charge in [-0.25, -0.2) is 13.4 Å². The average Bonchev–Trinajstić information content (AvgIpc) is 2.98. The molecule has 0 aliphatic heterocycles. The zero-order valence-electron chi connectivity index (χ0n) is 13.3. The van der Waals surface area contributed by atoms with Crippen LogP contribution in [0.2, 0.25) is 0 Å². The number of para-hydroxylation sites is 1. The molecule has 5 nitrogen and oxygen atoms in total. The Labute approximate surface area is 144 Å². The van der Waals surface area contributed by atoms with Crippen LogP contribution in [-0.2, 0) is 9.84 Å². The predicted octanol–water partition coefficient (Wildman–Crippen LogP) is 3.37. The Bertz CT molecular complexity index is 976. The zero-order chi connectivity index (χ0) is 17.3. The van der Waals surface area contributed by atoms with Crippen LogP contribution in [0.1, 0.15) is 17.3 Å². The van der Waals surface area contributed by atoms with Crippen molar-refractivity contribution in [2.24, 2.45) is 0 Å². The standard InChI is InChI=1S/C17H16N2O3S2/c1-3-19(17-18-13-9-5-6-10-14(13)23-17)16(20)12-8-4-7-11-15(12)24(2,21)22/h4-11H,3H2,1-2H3. The predicted molar refractivity (Wildman–Crippen MR) is 96.5 cm³/mol. The minimum Gasteiger partial charge on any atom is -0.284 e. The number of hydrogen-bond acceptors (Lipinski definition) is 5. The summed E-state index contributed by atoms with van der Waals surface area (Å²) in [7, 11) is -3.49. The monoisotopic (exact) mass is 360 g/mol. The number of thiazole rings is 1. The van der Waals surface area contributed by atoms with Crippen molar-refractivity contribution in [2.75, 3.05) is 17.7 Å². The molecule has 3 aromatic rings. The number of hydrogen-bond donors (Lipinski definition) is 0. The van der Waals surface area contributed by atoms with Crippen molar-refractivity contribution in [2.45, 2.75) is 11.8 Å². The summed E-state index contributed by atoms with van der Waals surface area (Å²) in [5.74, 6) is -0.363. The van der Waals surface area contributed by atoms with E-state index in [0.29, 0.717) is 11.7 Å². The van der Waals surface area contributed by atoms with E-state index >= 15 is 0 Å². The largest absolute Gasteiger partial charge is 0.284 e. The molecule has 2 aromatic carbocycles. The van der Waals surface area contributed by atoms with Gasteiger partial charge in [-0.1, -0.05) is 35.6 Å². The number of fused-ring (bicyclic) bond motifs is 1. The molecule has 0 unspecified atom stereocenters. The van der Waals surface area contributed by atoms with Crippen molar-refractivity contribution in [3.8, 4) is 0 Å². The molecule has 0 fully saturated rings. The molecule has 124 valence electrons. The number of nitrogens with zero attached hydrogens (tertiary/aromatic N) is 2. The van der Waals surface area contributed by atoms with Crippen molar-refractivity contribution < 1.29 is 13.2 Å². The Morgan fingerprint density at radius 1 is 1.12 bits per heavy atom. The van der Waals surface area contributed by atoms with Crippen molar-refractivity contribution in [1.29, 1.82) is 0 Å². The third kappa shape index (κ3) is 3.05. The summed E-state index contributed by atoms with van der Waals surface area (Å²) in [5, 5.41) is 0.562. The van der Waals surface area contributed by atoms with Crippen molar-refractivity contribution >= 4 is 42.4 Å². The van der Waals surface area contributed by atoms with Crippen LogP contribution in [0, 0.1) is 0 Å². The Kier molecular flexibility index (Phi) is 4.38. The highest BCUT2D eigenvalue weighted by Gasteiger charge is 2.24. The van der Waals surface area contributed by atoms with Gasteiger partial charge >= 0.3 is 0 Å². The van der Waals surface area contributed by atoms with E-state index in [2.05, 4.69) is 4.98 Å². The fourth-order valence-corrected chi connectivity index (χ4v) is 4.36. The number of rotatable bonds is 4. The molecule has 7 heteroatoms. The van der Waals surface area contributed by atoms with Gasteiger partial charge in [-0.05, 0) is 31.2 Å². The summed E-state index contributed by atoms with van der Waals surface area (Å²) in [6, 6.07) is 13.9. The maximum Gasteiger partial charge on any atom is 0.261 e. The van der Waals surface area contributed by atoms with E-state index in [-0.39, 0.29) is 16.4 Å². The lowest BCUT2D eigenvalue weighted by atomic mass is 10.2. The molecule has 3 rings (SSSR count). The normalized spacial score (nSPS) is 11.6. The molecule has 0 atom stereocenters. The van der Waals surface area contributed by atoms with Crippen LogP contribution in [0.3, 0.4) is 0 Å². The molecule has 1 heterocycles. The van der Waals surface area contributed by atoms with Crippen LogP contribution in [0.15, 0.2) is 53.4 Å². The molecular formula is C17H16N2O3S2. The summed E-state index contributed by atoms with van der Waals surface area (Å²) in [6.45, 7) is 2.24. The smallest absolute Gasteiger partial charge is 0.261 e. The van der Waals surface area contributed by atoms with Gasteiger partial charge in [0.1, 0.15) is 0 Å². The Morgan fingerprint density at radius 2 is 1.79 bits per heavy atom. The molecule has 0 bridgehead atoms. The molecule has 0 spiro atoms. The summed E-state index contributed by atoms with van der Waals surface area (Å²) in [5.41, 5.74) is 0.987. The molecule has 1 amide bonds. The second-order valence-electron chi connectivity index (χ2n) is 5.28. The second kappa shape index (κ2) is 6.33. The quantitative estimate of drug-likeness (QED) is 0.715. The third-order valence-corrected chi connectivity index (χ3v) is 5.81. The van der Waals surface area contributed by atoms with Gasteiger partial charge in [0, 0.05) is 12.8 Å². The van der Waals surface area contributed by atoms with Gasteiger partial charge in [-0.2, -0.15) is 0 Å². The van der Waals surface area contributed by atoms with Gasteiger partial charge in [0.2, 0.25) is 0 Å². The molecule has 24 heavy (non-hydrogen) atoms. The summed E-state index contributed by atoms with van der Waals surface area (Å²) in [6.07, 6.45) is 1.10. The molecule has 0 aliphatic carbocycles. The highest BCUT2D eigenvalue weighted by atomic mass is 32.2. The fourth-order valence-electron chi connectivity index (χ4n) is 2.45. The first-order valence-corrected chi connectivity index (χ1v) is 10.1. The van der Waals surface area contributed by atoms with Crippen molar-refractivity contribution in [1.82, 2.24) is 4.98 Å². The number of sulfone groups is 1. The lowest BCUT2D eigenvalue weighted by Gasteiger charge is -2.19. The number of anilines is 1. The molecule has 1 aromatic heterocycles. The highest BCUT2D eigenvalue weighted by Crippen LogP contribution is 2.30. The van der Waals surface area contributed by atoms with Crippen LogP contribution in [0.25, 0.3) is 10.2 Å². The Balaban J connectivity index is 2.07. The van der Waals surface area contributed by atoms with E-state index in [4.69, 9.17) is 0 Å². The van der Waals surface area contributed by atoms with Crippen LogP contribution in [0.4, 0.5) is 5.13 Å². The van der Waals surface area contributed by atoms with Gasteiger partial charge < -0.3 is 0 Å². The lowest BCUT2D eigenvalue weighted by Crippen LogP contribution is -2.31. The summed E-state index contributed by atoms with van der Waals surface area (Å²) in [4.78, 5) is 19.0. The Hall–Kier alpha value is -2.25. The summed E-state index contributed by atoms with van der Waals surface area (Å²) >= 11 is 1.41. The minimum atomic E-state index is -3.49. The molecule has 0 saturated carbocycles. The first-order valence-electron chi connectivity index (χ1n) is 7.38. The number of aromatic nitrogens is 1. The van der Waals surface area contributed by atoms with Crippen LogP contribution < -0.4 is 4.90 Å². The summed E-state index contributed by atoms with van der Waals surface area (Å²) < 4.78 is 24.9. The van der Waals surface area contributed by atoms with E-state index in [1.165, 1.54) is 28.4 Å². The van der Waals surface area contributed by atoms with E-state index in [9.17, 15) is 13.2 Å². The number of amides is 1. The molecular weight excluding hydrogens is 344 g/mol. The van der Waals surface area contributed by atoms with Gasteiger partial charge in [-0.3, -0.25) is 9.69 Å². The van der Waals surface area contributed by atoms with E-state index in [1.54, 1.807) is 12.1 Å². The number of carbonyl (C=O) groups excluding carboxylic acids is 1. The average molecular weight is 360 g/mol. The van der Waals surface area contributed by atoms with Crippen LogP contribution >= 0.6 is 11.3 Å². The van der Waals surface area contributed by atoms with E-state index < -0.39 is 9.84 Å². The molecule has 0 N–H and O–H groups in total. The SMILES string of the molecule is CCN(C(=O)c1ccccc1S(C)(=O)=O)c1nc2ccccc2s1. The third-order valence-electron chi connectivity index (χ3n) is 3.59. The molecule has 0 radical (unpaired) electrons. The van der Waals surface area contributed by atoms with Gasteiger partial charge in [0.15, 0.2) is 15.0 Å². The van der Waals surface area contributed by atoms with Gasteiger partial charge in [0.05, 0.1) is 20.7 Å². The second-order valence-corrected chi connectivity index (χ2v) is 8.28. The molecule has 0 saturated heterocycles. The maximum atomic E-state index is 12.9. The van der Waals surface area contributed by atoms with Gasteiger partial charge in [-0.15, -0.1) is 0 Å². The molecule has 0 aliphatic rings. The van der Waals surface area contributed by atoms with Crippen LogP contribution in [0.5, 0.6) is 0 Å². The fraction of sp³-hybridized carbons (Fsp3) is 0.176. The lowest BCUT2D eigenvalue weighted by molar-refractivity contribution is 0.0985. The van der Waals surface area contributed by atoms with E-state index in [0.717, 1.165) is 16.5 Å². The number of benzene rings is 2. The topological polar surface area (TPSA) is 67.3 Å². The Morgan fingerprint density at radius 3 is 2.46 bits per heavy atom. The first kappa shape index (κ1) is 16.6. The number of carbonyl (C=O) groups is 1. The van der Waals surface area contributed by atoms with E-state index in [1.807, 2.05) is 31.2 Å². The first-order chi connectivity index (χ1) is 11.4. The van der Waals surface area contributed by atoms with Crippen molar-refractivity contribution in [3.05, 3.63) is 54.1 Å². The minimum absolute atomic E-state index is 0.0366.